The molecule has 3 heterocycles. The van der Waals surface area contributed by atoms with E-state index in [4.69, 9.17) is 20.0 Å². The summed E-state index contributed by atoms with van der Waals surface area (Å²) in [6, 6.07) is 8.77. The molecule has 3 aromatic rings. The van der Waals surface area contributed by atoms with Gasteiger partial charge in [0.2, 0.25) is 5.95 Å². The van der Waals surface area contributed by atoms with Crippen LogP contribution in [0.25, 0.3) is 11.1 Å². The molecule has 1 saturated heterocycles. The van der Waals surface area contributed by atoms with Crippen LogP contribution in [-0.4, -0.2) is 45.8 Å². The molecule has 1 aliphatic heterocycles. The summed E-state index contributed by atoms with van der Waals surface area (Å²) in [7, 11) is 0. The minimum atomic E-state index is -0.443. The third kappa shape index (κ3) is 4.60. The SMILES string of the molecule is CCOC(=O)C1CCN(c2nc(C(C)(c3ccc(-c4cnc(N)nc4)cc3)C(C)C)no2)CC1.[HH]. The molecule has 2 aromatic heterocycles. The van der Waals surface area contributed by atoms with Gasteiger partial charge in [-0.25, -0.2) is 9.97 Å². The van der Waals surface area contributed by atoms with Crippen molar-refractivity contribution in [2.75, 3.05) is 30.3 Å². The van der Waals surface area contributed by atoms with Crippen LogP contribution in [0, 0.1) is 11.8 Å². The highest BCUT2D eigenvalue weighted by Gasteiger charge is 2.38. The molecule has 1 aromatic carbocycles. The molecule has 0 bridgehead atoms. The Morgan fingerprint density at radius 2 is 1.85 bits per heavy atom. The molecule has 9 nitrogen and oxygen atoms in total. The average molecular weight is 467 g/mol. The third-order valence-corrected chi connectivity index (χ3v) is 6.91. The number of aromatic nitrogens is 4. The van der Waals surface area contributed by atoms with Gasteiger partial charge >= 0.3 is 12.0 Å². The Kier molecular flexibility index (Phi) is 6.81. The Hall–Kier alpha value is -3.49. The van der Waals surface area contributed by atoms with Gasteiger partial charge in [-0.1, -0.05) is 43.3 Å². The molecule has 1 aliphatic rings. The Bertz CT molecular complexity index is 1110. The van der Waals surface area contributed by atoms with E-state index in [0.29, 0.717) is 44.4 Å². The number of nitrogen functional groups attached to an aromatic ring is 1. The lowest BCUT2D eigenvalue weighted by atomic mass is 9.72. The van der Waals surface area contributed by atoms with Crippen molar-refractivity contribution < 1.29 is 15.5 Å². The van der Waals surface area contributed by atoms with E-state index in [0.717, 1.165) is 16.7 Å². The smallest absolute Gasteiger partial charge is 0.324 e. The number of carbonyl (C=O) groups excluding carboxylic acids is 1. The quantitative estimate of drug-likeness (QED) is 0.513. The molecule has 0 radical (unpaired) electrons. The van der Waals surface area contributed by atoms with Gasteiger partial charge in [-0.2, -0.15) is 4.98 Å². The van der Waals surface area contributed by atoms with Crippen LogP contribution in [0.1, 0.15) is 53.4 Å². The number of ether oxygens (including phenoxy) is 1. The molecular formula is C25H34N6O3. The van der Waals surface area contributed by atoms with Crippen LogP contribution in [0.15, 0.2) is 41.2 Å². The number of anilines is 2. The van der Waals surface area contributed by atoms with Crippen molar-refractivity contribution in [1.82, 2.24) is 20.1 Å². The number of benzene rings is 1. The number of piperidine rings is 1. The van der Waals surface area contributed by atoms with Gasteiger partial charge in [0.15, 0.2) is 5.82 Å². The van der Waals surface area contributed by atoms with Gasteiger partial charge in [-0.05, 0) is 43.7 Å². The molecular weight excluding hydrogens is 432 g/mol. The van der Waals surface area contributed by atoms with Crippen molar-refractivity contribution in [1.29, 1.82) is 0 Å². The maximum Gasteiger partial charge on any atom is 0.324 e. The predicted molar refractivity (Wildman–Crippen MR) is 131 cm³/mol. The second-order valence-corrected chi connectivity index (χ2v) is 9.18. The number of hydrogen-bond acceptors (Lipinski definition) is 9. The largest absolute Gasteiger partial charge is 0.466 e. The van der Waals surface area contributed by atoms with Gasteiger partial charge in [0, 0.05) is 32.5 Å². The number of rotatable bonds is 7. The highest BCUT2D eigenvalue weighted by molar-refractivity contribution is 5.72. The van der Waals surface area contributed by atoms with Gasteiger partial charge < -0.3 is 19.9 Å². The normalized spacial score (nSPS) is 16.4. The monoisotopic (exact) mass is 466 g/mol. The van der Waals surface area contributed by atoms with Gasteiger partial charge in [-0.15, -0.1) is 0 Å². The summed E-state index contributed by atoms with van der Waals surface area (Å²) >= 11 is 0. The summed E-state index contributed by atoms with van der Waals surface area (Å²) in [6.07, 6.45) is 4.87. The summed E-state index contributed by atoms with van der Waals surface area (Å²) in [5.41, 5.74) is 8.16. The Balaban J connectivity index is 0.00000342. The summed E-state index contributed by atoms with van der Waals surface area (Å²) in [5.74, 6) is 0.941. The van der Waals surface area contributed by atoms with E-state index in [9.17, 15) is 4.79 Å². The van der Waals surface area contributed by atoms with E-state index in [-0.39, 0.29) is 25.2 Å². The number of nitrogens with two attached hydrogens (primary N) is 1. The Morgan fingerprint density at radius 1 is 1.21 bits per heavy atom. The molecule has 0 spiro atoms. The van der Waals surface area contributed by atoms with Gasteiger partial charge in [0.1, 0.15) is 0 Å². The van der Waals surface area contributed by atoms with Gasteiger partial charge in [-0.3, -0.25) is 4.79 Å². The van der Waals surface area contributed by atoms with Crippen LogP contribution < -0.4 is 10.6 Å². The lowest BCUT2D eigenvalue weighted by molar-refractivity contribution is -0.148. The van der Waals surface area contributed by atoms with Crippen LogP contribution >= 0.6 is 0 Å². The third-order valence-electron chi connectivity index (χ3n) is 6.91. The molecule has 34 heavy (non-hydrogen) atoms. The van der Waals surface area contributed by atoms with Crippen LogP contribution in [0.4, 0.5) is 12.0 Å². The van der Waals surface area contributed by atoms with Gasteiger partial charge in [0.25, 0.3) is 0 Å². The lowest BCUT2D eigenvalue weighted by Gasteiger charge is -2.31. The maximum absolute atomic E-state index is 12.0. The molecule has 182 valence electrons. The molecule has 1 unspecified atom stereocenters. The molecule has 0 saturated carbocycles. The molecule has 1 atom stereocenters. The summed E-state index contributed by atoms with van der Waals surface area (Å²) in [5, 5.41) is 4.38. The standard InChI is InChI=1S/C25H32N6O3.H2/c1-5-33-21(32)18-10-12-31(13-11-18)24-29-22(30-34-24)25(4,16(2)3)20-8-6-17(7-9-20)19-14-27-23(26)28-15-19;/h6-9,14-16,18H,5,10-13H2,1-4H3,(H2,26,27,28);1H. The Labute approximate surface area is 201 Å². The fourth-order valence-electron chi connectivity index (χ4n) is 4.34. The van der Waals surface area contributed by atoms with E-state index >= 15 is 0 Å². The zero-order valence-electron chi connectivity index (χ0n) is 20.2. The zero-order valence-corrected chi connectivity index (χ0v) is 20.2. The predicted octanol–water partition coefficient (Wildman–Crippen LogP) is 4.10. The molecule has 1 fully saturated rings. The van der Waals surface area contributed by atoms with Gasteiger partial charge in [0.05, 0.1) is 17.9 Å². The molecule has 0 amide bonds. The highest BCUT2D eigenvalue weighted by Crippen LogP contribution is 2.39. The van der Waals surface area contributed by atoms with Crippen LogP contribution in [0.2, 0.25) is 0 Å². The maximum atomic E-state index is 12.0. The van der Waals surface area contributed by atoms with Crippen molar-refractivity contribution in [3.63, 3.8) is 0 Å². The number of hydrogen-bond donors (Lipinski definition) is 1. The second-order valence-electron chi connectivity index (χ2n) is 9.18. The van der Waals surface area contributed by atoms with Crippen molar-refractivity contribution in [3.8, 4) is 11.1 Å². The van der Waals surface area contributed by atoms with E-state index in [2.05, 4.69) is 52.9 Å². The number of nitrogens with zero attached hydrogens (tertiary/aromatic N) is 5. The fourth-order valence-corrected chi connectivity index (χ4v) is 4.34. The first-order valence-corrected chi connectivity index (χ1v) is 11.8. The van der Waals surface area contributed by atoms with Crippen molar-refractivity contribution in [3.05, 3.63) is 48.0 Å². The minimum Gasteiger partial charge on any atom is -0.466 e. The molecule has 2 N–H and O–H groups in total. The first-order chi connectivity index (χ1) is 16.3. The first kappa shape index (κ1) is 23.7. The minimum absolute atomic E-state index is 0. The average Bonchev–Trinajstić information content (AvgIpc) is 3.35. The van der Waals surface area contributed by atoms with E-state index < -0.39 is 5.41 Å². The lowest BCUT2D eigenvalue weighted by Crippen LogP contribution is -2.37. The van der Waals surface area contributed by atoms with E-state index in [1.54, 1.807) is 12.4 Å². The summed E-state index contributed by atoms with van der Waals surface area (Å²) < 4.78 is 10.9. The topological polar surface area (TPSA) is 120 Å². The Morgan fingerprint density at radius 3 is 2.44 bits per heavy atom. The van der Waals surface area contributed by atoms with E-state index in [1.165, 1.54) is 0 Å². The van der Waals surface area contributed by atoms with Crippen molar-refractivity contribution in [2.45, 2.75) is 46.0 Å². The summed E-state index contributed by atoms with van der Waals surface area (Å²) in [4.78, 5) is 27.0. The van der Waals surface area contributed by atoms with Crippen LogP contribution in [0.3, 0.4) is 0 Å². The summed E-state index contributed by atoms with van der Waals surface area (Å²) in [6.45, 7) is 10.1. The first-order valence-electron chi connectivity index (χ1n) is 11.8. The number of esters is 1. The van der Waals surface area contributed by atoms with Crippen molar-refractivity contribution in [2.24, 2.45) is 11.8 Å². The van der Waals surface area contributed by atoms with Crippen molar-refractivity contribution >= 4 is 17.9 Å². The highest BCUT2D eigenvalue weighted by atomic mass is 16.5. The second kappa shape index (κ2) is 9.79. The molecule has 9 heteroatoms. The fraction of sp³-hybridized carbons (Fsp3) is 0.480. The van der Waals surface area contributed by atoms with Crippen LogP contribution in [-0.2, 0) is 14.9 Å². The van der Waals surface area contributed by atoms with E-state index in [1.807, 2.05) is 19.1 Å². The molecule has 4 rings (SSSR count). The zero-order chi connectivity index (χ0) is 24.3. The van der Waals surface area contributed by atoms with Crippen LogP contribution in [0.5, 0.6) is 0 Å². The molecule has 0 aliphatic carbocycles. The number of carbonyl (C=O) groups is 1.